The van der Waals surface area contributed by atoms with Crippen LogP contribution in [0.15, 0.2) is 218 Å². The zero-order chi connectivity index (χ0) is 37.0. The second-order valence-corrected chi connectivity index (χ2v) is 14.5. The summed E-state index contributed by atoms with van der Waals surface area (Å²) in [5.41, 5.74) is 11.6. The van der Waals surface area contributed by atoms with E-state index in [1.807, 2.05) is 0 Å². The molecule has 11 rings (SSSR count). The van der Waals surface area contributed by atoms with E-state index >= 15 is 0 Å². The van der Waals surface area contributed by atoms with Gasteiger partial charge in [0.15, 0.2) is 0 Å². The summed E-state index contributed by atoms with van der Waals surface area (Å²) in [6.45, 7) is 0. The third-order valence-electron chi connectivity index (χ3n) is 11.3. The van der Waals surface area contributed by atoms with Crippen molar-refractivity contribution in [3.05, 3.63) is 218 Å². The van der Waals surface area contributed by atoms with Crippen molar-refractivity contribution < 1.29 is 0 Å². The van der Waals surface area contributed by atoms with Gasteiger partial charge in [0.25, 0.3) is 0 Å². The van der Waals surface area contributed by atoms with Crippen molar-refractivity contribution in [2.45, 2.75) is 0 Å². The van der Waals surface area contributed by atoms with Crippen LogP contribution in [-0.4, -0.2) is 4.57 Å². The summed E-state index contributed by atoms with van der Waals surface area (Å²) < 4.78 is 2.43. The summed E-state index contributed by atoms with van der Waals surface area (Å²) in [7, 11) is 0. The van der Waals surface area contributed by atoms with Crippen LogP contribution in [-0.2, 0) is 0 Å². The van der Waals surface area contributed by atoms with Crippen molar-refractivity contribution in [3.8, 4) is 27.9 Å². The van der Waals surface area contributed by atoms with Crippen LogP contribution in [0.5, 0.6) is 0 Å². The van der Waals surface area contributed by atoms with Gasteiger partial charge in [-0.3, -0.25) is 0 Å². The molecule has 11 aromatic rings. The first-order valence-electron chi connectivity index (χ1n) is 19.3. The maximum atomic E-state index is 2.43. The average molecular weight is 713 g/mol. The van der Waals surface area contributed by atoms with Crippen LogP contribution < -0.4 is 4.90 Å². The molecular formula is C54H36N2. The fourth-order valence-electron chi connectivity index (χ4n) is 8.82. The highest BCUT2D eigenvalue weighted by molar-refractivity contribution is 6.21. The van der Waals surface area contributed by atoms with E-state index in [1.54, 1.807) is 0 Å². The van der Waals surface area contributed by atoms with Gasteiger partial charge in [-0.05, 0) is 109 Å². The SMILES string of the molecule is c1cc(-c2cccc3ccccc23)cc(N(c2cccc(-c3cccc4ccccc34)c2)c2cccc(-n3c4ccccc4c4c5ccccc5ccc43)c2)c1. The molecule has 0 amide bonds. The summed E-state index contributed by atoms with van der Waals surface area (Å²) >= 11 is 0. The number of nitrogens with zero attached hydrogens (tertiary/aromatic N) is 2. The molecule has 0 aliphatic rings. The monoisotopic (exact) mass is 712 g/mol. The molecule has 56 heavy (non-hydrogen) atoms. The lowest BCUT2D eigenvalue weighted by Crippen LogP contribution is -2.11. The number of rotatable bonds is 6. The molecule has 1 heterocycles. The molecule has 0 bridgehead atoms. The van der Waals surface area contributed by atoms with Crippen LogP contribution in [0.4, 0.5) is 17.1 Å². The third kappa shape index (κ3) is 5.26. The second-order valence-electron chi connectivity index (χ2n) is 14.5. The number of aromatic nitrogens is 1. The van der Waals surface area contributed by atoms with Crippen molar-refractivity contribution in [1.29, 1.82) is 0 Å². The highest BCUT2D eigenvalue weighted by atomic mass is 15.1. The maximum absolute atomic E-state index is 2.43. The molecule has 0 unspecified atom stereocenters. The Balaban J connectivity index is 1.13. The van der Waals surface area contributed by atoms with Gasteiger partial charge in [0.1, 0.15) is 0 Å². The minimum absolute atomic E-state index is 1.08. The first-order chi connectivity index (χ1) is 27.8. The van der Waals surface area contributed by atoms with Crippen LogP contribution in [0, 0.1) is 0 Å². The van der Waals surface area contributed by atoms with E-state index in [0.717, 1.165) is 22.7 Å². The van der Waals surface area contributed by atoms with Gasteiger partial charge in [0.2, 0.25) is 0 Å². The molecule has 0 spiro atoms. The fraction of sp³-hybridized carbons (Fsp3) is 0. The van der Waals surface area contributed by atoms with Crippen molar-refractivity contribution in [2.75, 3.05) is 4.90 Å². The minimum atomic E-state index is 1.08. The van der Waals surface area contributed by atoms with E-state index in [4.69, 9.17) is 0 Å². The Labute approximate surface area is 325 Å². The zero-order valence-corrected chi connectivity index (χ0v) is 30.7. The van der Waals surface area contributed by atoms with Crippen molar-refractivity contribution >= 4 is 71.2 Å². The topological polar surface area (TPSA) is 8.17 Å². The van der Waals surface area contributed by atoms with Crippen LogP contribution in [0.2, 0.25) is 0 Å². The van der Waals surface area contributed by atoms with Crippen molar-refractivity contribution in [2.24, 2.45) is 0 Å². The molecule has 2 nitrogen and oxygen atoms in total. The summed E-state index contributed by atoms with van der Waals surface area (Å²) in [5, 5.41) is 10.0. The number of hydrogen-bond donors (Lipinski definition) is 0. The molecule has 10 aromatic carbocycles. The summed E-state index contributed by atoms with van der Waals surface area (Å²) in [6.07, 6.45) is 0. The van der Waals surface area contributed by atoms with Gasteiger partial charge in [-0.1, -0.05) is 164 Å². The minimum Gasteiger partial charge on any atom is -0.310 e. The highest BCUT2D eigenvalue weighted by Gasteiger charge is 2.19. The number of fused-ring (bicyclic) bond motifs is 7. The molecule has 1 aromatic heterocycles. The Kier molecular flexibility index (Phi) is 7.53. The Hall–Kier alpha value is -7.42. The Morgan fingerprint density at radius 3 is 1.39 bits per heavy atom. The fourth-order valence-corrected chi connectivity index (χ4v) is 8.82. The third-order valence-corrected chi connectivity index (χ3v) is 11.3. The van der Waals surface area contributed by atoms with Crippen molar-refractivity contribution in [1.82, 2.24) is 4.57 Å². The predicted octanol–water partition coefficient (Wildman–Crippen LogP) is 15.0. The molecule has 0 atom stereocenters. The largest absolute Gasteiger partial charge is 0.310 e. The van der Waals surface area contributed by atoms with Gasteiger partial charge < -0.3 is 9.47 Å². The van der Waals surface area contributed by atoms with Crippen LogP contribution >= 0.6 is 0 Å². The molecule has 0 radical (unpaired) electrons. The number of hydrogen-bond acceptors (Lipinski definition) is 1. The molecule has 262 valence electrons. The second kappa shape index (κ2) is 13.2. The molecule has 0 aliphatic carbocycles. The lowest BCUT2D eigenvalue weighted by atomic mass is 9.97. The van der Waals surface area contributed by atoms with E-state index in [0.29, 0.717) is 0 Å². The molecule has 0 saturated carbocycles. The molecule has 0 aliphatic heterocycles. The molecule has 2 heteroatoms. The number of benzene rings is 10. The quantitative estimate of drug-likeness (QED) is 0.167. The van der Waals surface area contributed by atoms with Gasteiger partial charge in [0, 0.05) is 33.5 Å². The summed E-state index contributed by atoms with van der Waals surface area (Å²) in [4.78, 5) is 2.41. The first kappa shape index (κ1) is 32.0. The molecule has 0 fully saturated rings. The van der Waals surface area contributed by atoms with Gasteiger partial charge in [-0.2, -0.15) is 0 Å². The van der Waals surface area contributed by atoms with Gasteiger partial charge in [-0.15, -0.1) is 0 Å². The number of para-hydroxylation sites is 1. The number of anilines is 3. The van der Waals surface area contributed by atoms with E-state index in [-0.39, 0.29) is 0 Å². The standard InChI is InChI=1S/C54H36N2/c1-4-25-46-37(14-1)17-11-29-48(46)40-19-9-21-42(34-40)55(43-22-10-20-41(35-43)49-30-12-18-38-15-2-5-26-47(38)49)44-23-13-24-45(36-44)56-52-31-8-7-28-51(52)54-50-27-6-3-16-39(50)32-33-53(54)56/h1-36H. The van der Waals surface area contributed by atoms with Crippen LogP contribution in [0.25, 0.3) is 82.1 Å². The Bertz CT molecular complexity index is 3140. The predicted molar refractivity (Wildman–Crippen MR) is 239 cm³/mol. The normalized spacial score (nSPS) is 11.6. The lowest BCUT2D eigenvalue weighted by Gasteiger charge is -2.27. The Morgan fingerprint density at radius 2 is 0.768 bits per heavy atom. The highest BCUT2D eigenvalue weighted by Crippen LogP contribution is 2.42. The lowest BCUT2D eigenvalue weighted by molar-refractivity contribution is 1.17. The van der Waals surface area contributed by atoms with Gasteiger partial charge in [-0.25, -0.2) is 0 Å². The van der Waals surface area contributed by atoms with Gasteiger partial charge >= 0.3 is 0 Å². The average Bonchev–Trinajstić information content (AvgIpc) is 3.61. The van der Waals surface area contributed by atoms with E-state index < -0.39 is 0 Å². The van der Waals surface area contributed by atoms with E-state index in [9.17, 15) is 0 Å². The Morgan fingerprint density at radius 1 is 0.304 bits per heavy atom. The summed E-state index contributed by atoms with van der Waals surface area (Å²) in [6, 6.07) is 79.5. The van der Waals surface area contributed by atoms with Crippen LogP contribution in [0.1, 0.15) is 0 Å². The zero-order valence-electron chi connectivity index (χ0n) is 30.7. The summed E-state index contributed by atoms with van der Waals surface area (Å²) in [5.74, 6) is 0. The molecule has 0 saturated heterocycles. The van der Waals surface area contributed by atoms with E-state index in [2.05, 4.69) is 228 Å². The van der Waals surface area contributed by atoms with E-state index in [1.165, 1.54) is 76.4 Å². The smallest absolute Gasteiger partial charge is 0.0547 e. The molecule has 0 N–H and O–H groups in total. The van der Waals surface area contributed by atoms with Crippen LogP contribution in [0.3, 0.4) is 0 Å². The molecular weight excluding hydrogens is 677 g/mol. The van der Waals surface area contributed by atoms with Gasteiger partial charge in [0.05, 0.1) is 11.0 Å². The van der Waals surface area contributed by atoms with Crippen molar-refractivity contribution in [3.63, 3.8) is 0 Å². The first-order valence-corrected chi connectivity index (χ1v) is 19.3. The maximum Gasteiger partial charge on any atom is 0.0547 e.